The van der Waals surface area contributed by atoms with Gasteiger partial charge in [0.2, 0.25) is 5.91 Å². The maximum atomic E-state index is 13.0. The van der Waals surface area contributed by atoms with Crippen LogP contribution in [0.2, 0.25) is 0 Å². The molecule has 0 aromatic heterocycles. The quantitative estimate of drug-likeness (QED) is 0.669. The van der Waals surface area contributed by atoms with Crippen molar-refractivity contribution in [2.75, 3.05) is 36.5 Å². The van der Waals surface area contributed by atoms with Gasteiger partial charge in [-0.3, -0.25) is 9.69 Å². The fourth-order valence-corrected chi connectivity index (χ4v) is 5.02. The molecule has 0 spiro atoms. The van der Waals surface area contributed by atoms with Crippen LogP contribution in [0.15, 0.2) is 18.2 Å². The molecule has 2 unspecified atom stereocenters. The fraction of sp³-hybridized carbons (Fsp3) is 0.667. The van der Waals surface area contributed by atoms with E-state index in [4.69, 9.17) is 10.5 Å². The maximum absolute atomic E-state index is 13.0. The van der Waals surface area contributed by atoms with Gasteiger partial charge in [0.25, 0.3) is 0 Å². The Hall–Kier alpha value is -0.500. The minimum Gasteiger partial charge on any atom is -0.378 e. The molecule has 3 rings (SSSR count). The number of benzene rings is 1. The molecule has 2 atom stereocenters. The zero-order chi connectivity index (χ0) is 19.7. The summed E-state index contributed by atoms with van der Waals surface area (Å²) in [5, 5.41) is 3.11. The normalized spacial score (nSPS) is 25.9. The van der Waals surface area contributed by atoms with Crippen molar-refractivity contribution < 1.29 is 9.53 Å². The number of hydrogen-bond acceptors (Lipinski definition) is 5. The van der Waals surface area contributed by atoms with Crippen LogP contribution in [0.4, 0.5) is 5.69 Å². The molecule has 29 heavy (non-hydrogen) atoms. The molecule has 1 heterocycles. The highest BCUT2D eigenvalue weighted by molar-refractivity contribution is 7.99. The molecule has 8 heteroatoms. The van der Waals surface area contributed by atoms with Crippen LogP contribution in [0.5, 0.6) is 0 Å². The Morgan fingerprint density at radius 3 is 2.55 bits per heavy atom. The summed E-state index contributed by atoms with van der Waals surface area (Å²) in [6, 6.07) is 6.15. The van der Waals surface area contributed by atoms with Crippen LogP contribution < -0.4 is 11.1 Å². The molecule has 0 bridgehead atoms. The third-order valence-corrected chi connectivity index (χ3v) is 7.37. The molecular weight excluding hydrogens is 429 g/mol. The van der Waals surface area contributed by atoms with E-state index in [0.29, 0.717) is 13.0 Å². The van der Waals surface area contributed by atoms with Crippen molar-refractivity contribution in [2.45, 2.75) is 52.3 Å². The number of hydrogen-bond donors (Lipinski definition) is 2. The molecule has 0 radical (unpaired) electrons. The Kier molecular flexibility index (Phi) is 9.78. The lowest BCUT2D eigenvalue weighted by Crippen LogP contribution is -2.74. The molecule has 2 fully saturated rings. The Morgan fingerprint density at radius 2 is 1.97 bits per heavy atom. The van der Waals surface area contributed by atoms with Gasteiger partial charge in [-0.2, -0.15) is 11.8 Å². The van der Waals surface area contributed by atoms with E-state index >= 15 is 0 Å². The number of carbonyl (C=O) groups excluding carboxylic acids is 1. The SMILES string of the molecule is CCOC1CC(N)(C(=O)Nc2cccc(CN3CCSCC3)c2C)C1(C)C.Cl.Cl. The van der Waals surface area contributed by atoms with Gasteiger partial charge in [-0.15, -0.1) is 24.8 Å². The number of carbonyl (C=O) groups is 1. The van der Waals surface area contributed by atoms with Crippen LogP contribution >= 0.6 is 36.6 Å². The molecule has 1 amide bonds. The minimum absolute atomic E-state index is 0. The Morgan fingerprint density at radius 1 is 1.31 bits per heavy atom. The molecule has 1 aliphatic heterocycles. The van der Waals surface area contributed by atoms with Crippen LogP contribution in [0.25, 0.3) is 0 Å². The van der Waals surface area contributed by atoms with Gasteiger partial charge in [0.15, 0.2) is 0 Å². The first-order chi connectivity index (χ1) is 12.8. The van der Waals surface area contributed by atoms with E-state index in [-0.39, 0.29) is 42.2 Å². The lowest BCUT2D eigenvalue weighted by molar-refractivity contribution is -0.166. The van der Waals surface area contributed by atoms with Crippen LogP contribution in [0.3, 0.4) is 0 Å². The van der Waals surface area contributed by atoms with Crippen LogP contribution in [-0.2, 0) is 16.1 Å². The average molecular weight is 465 g/mol. The van der Waals surface area contributed by atoms with Crippen LogP contribution in [0, 0.1) is 12.3 Å². The van der Waals surface area contributed by atoms with E-state index in [9.17, 15) is 4.79 Å². The third kappa shape index (κ3) is 5.23. The number of rotatable bonds is 6. The largest absolute Gasteiger partial charge is 0.378 e. The molecule has 3 N–H and O–H groups in total. The summed E-state index contributed by atoms with van der Waals surface area (Å²) in [4.78, 5) is 15.5. The number of nitrogens with one attached hydrogen (secondary N) is 1. The number of nitrogens with zero attached hydrogens (tertiary/aromatic N) is 1. The second kappa shape index (κ2) is 10.7. The van der Waals surface area contributed by atoms with Crippen molar-refractivity contribution >= 4 is 48.2 Å². The van der Waals surface area contributed by atoms with Crippen molar-refractivity contribution in [3.8, 4) is 0 Å². The van der Waals surface area contributed by atoms with Crippen LogP contribution in [-0.4, -0.2) is 53.7 Å². The molecule has 5 nitrogen and oxygen atoms in total. The summed E-state index contributed by atoms with van der Waals surface area (Å²) < 4.78 is 5.75. The molecule has 1 saturated heterocycles. The molecule has 1 aromatic rings. The van der Waals surface area contributed by atoms with E-state index in [2.05, 4.69) is 23.2 Å². The number of thioether (sulfide) groups is 1. The zero-order valence-corrected chi connectivity index (χ0v) is 20.3. The average Bonchev–Trinajstić information content (AvgIpc) is 2.65. The van der Waals surface area contributed by atoms with E-state index in [1.165, 1.54) is 17.1 Å². The highest BCUT2D eigenvalue weighted by Crippen LogP contribution is 2.50. The van der Waals surface area contributed by atoms with E-state index in [0.717, 1.165) is 30.9 Å². The monoisotopic (exact) mass is 463 g/mol. The van der Waals surface area contributed by atoms with Gasteiger partial charge >= 0.3 is 0 Å². The van der Waals surface area contributed by atoms with Crippen LogP contribution in [0.1, 0.15) is 38.3 Å². The van der Waals surface area contributed by atoms with Gasteiger partial charge in [-0.1, -0.05) is 26.0 Å². The molecule has 166 valence electrons. The van der Waals surface area contributed by atoms with E-state index in [1.54, 1.807) is 0 Å². The minimum atomic E-state index is -0.903. The second-order valence-corrected chi connectivity index (χ2v) is 9.50. The molecule has 1 aromatic carbocycles. The number of halogens is 2. The molecule has 2 aliphatic rings. The Balaban J connectivity index is 0.00000210. The van der Waals surface area contributed by atoms with Gasteiger partial charge in [0, 0.05) is 55.3 Å². The number of amides is 1. The van der Waals surface area contributed by atoms with Gasteiger partial charge < -0.3 is 15.8 Å². The standard InChI is InChI=1S/C21H33N3O2S.2ClH/c1-5-26-18-13-21(22,20(18,3)4)19(25)23-17-8-6-7-16(15(17)2)14-24-9-11-27-12-10-24;;/h6-8,18H,5,9-14,22H2,1-4H3,(H,23,25);2*1H. The summed E-state index contributed by atoms with van der Waals surface area (Å²) in [7, 11) is 0. The highest BCUT2D eigenvalue weighted by Gasteiger charge is 2.62. The first-order valence-corrected chi connectivity index (χ1v) is 11.1. The Labute approximate surface area is 191 Å². The van der Waals surface area contributed by atoms with E-state index in [1.807, 2.05) is 44.7 Å². The molecule has 1 aliphatic carbocycles. The summed E-state index contributed by atoms with van der Waals surface area (Å²) in [6.07, 6.45) is 0.590. The van der Waals surface area contributed by atoms with Crippen molar-refractivity contribution in [3.63, 3.8) is 0 Å². The fourth-order valence-electron chi connectivity index (χ4n) is 4.04. The highest BCUT2D eigenvalue weighted by atomic mass is 35.5. The lowest BCUT2D eigenvalue weighted by Gasteiger charge is -2.57. The van der Waals surface area contributed by atoms with Gasteiger partial charge in [0.1, 0.15) is 5.54 Å². The van der Waals surface area contributed by atoms with Crippen molar-refractivity contribution in [1.82, 2.24) is 4.90 Å². The first kappa shape index (κ1) is 26.5. The van der Waals surface area contributed by atoms with E-state index < -0.39 is 5.54 Å². The number of ether oxygens (including phenoxy) is 1. The van der Waals surface area contributed by atoms with Crippen molar-refractivity contribution in [1.29, 1.82) is 0 Å². The predicted octanol–water partition coefficient (Wildman–Crippen LogP) is 3.86. The summed E-state index contributed by atoms with van der Waals surface area (Å²) in [5.74, 6) is 2.28. The smallest absolute Gasteiger partial charge is 0.245 e. The summed E-state index contributed by atoms with van der Waals surface area (Å²) in [5.41, 5.74) is 8.50. The van der Waals surface area contributed by atoms with Gasteiger partial charge in [-0.25, -0.2) is 0 Å². The zero-order valence-electron chi connectivity index (χ0n) is 17.8. The Bertz CT molecular complexity index is 699. The molecular formula is C21H35Cl2N3O2S. The number of anilines is 1. The topological polar surface area (TPSA) is 67.6 Å². The second-order valence-electron chi connectivity index (χ2n) is 8.27. The lowest BCUT2D eigenvalue weighted by atomic mass is 9.54. The van der Waals surface area contributed by atoms with Crippen molar-refractivity contribution in [3.05, 3.63) is 29.3 Å². The maximum Gasteiger partial charge on any atom is 0.245 e. The predicted molar refractivity (Wildman–Crippen MR) is 128 cm³/mol. The van der Waals surface area contributed by atoms with Crippen molar-refractivity contribution in [2.24, 2.45) is 11.1 Å². The number of nitrogens with two attached hydrogens (primary N) is 1. The summed E-state index contributed by atoms with van der Waals surface area (Å²) >= 11 is 2.02. The first-order valence-electron chi connectivity index (χ1n) is 9.90. The summed E-state index contributed by atoms with van der Waals surface area (Å²) in [6.45, 7) is 11.9. The third-order valence-electron chi connectivity index (χ3n) is 6.43. The van der Waals surface area contributed by atoms with Gasteiger partial charge in [-0.05, 0) is 31.0 Å². The van der Waals surface area contributed by atoms with Gasteiger partial charge in [0.05, 0.1) is 6.10 Å². The molecule has 1 saturated carbocycles.